The molecule has 0 spiro atoms. The SMILES string of the molecule is Cl.O=C(O)C1CC2CCCCC2N1Cc1ccccc1C(F)(F)F. The van der Waals surface area contributed by atoms with Crippen LogP contribution in [0.5, 0.6) is 0 Å². The van der Waals surface area contributed by atoms with Gasteiger partial charge in [0.1, 0.15) is 6.04 Å². The Morgan fingerprint density at radius 2 is 1.88 bits per heavy atom. The molecule has 3 atom stereocenters. The van der Waals surface area contributed by atoms with E-state index in [1.807, 2.05) is 0 Å². The summed E-state index contributed by atoms with van der Waals surface area (Å²) in [6, 6.07) is 4.89. The maximum Gasteiger partial charge on any atom is 0.416 e. The molecule has 1 aliphatic carbocycles. The first-order chi connectivity index (χ1) is 10.9. The molecule has 134 valence electrons. The van der Waals surface area contributed by atoms with Crippen LogP contribution in [0.15, 0.2) is 24.3 Å². The van der Waals surface area contributed by atoms with Crippen LogP contribution in [0.1, 0.15) is 43.2 Å². The fraction of sp³-hybridized carbons (Fsp3) is 0.588. The first-order valence-electron chi connectivity index (χ1n) is 8.01. The van der Waals surface area contributed by atoms with Crippen LogP contribution in [0.2, 0.25) is 0 Å². The number of carboxylic acids is 1. The van der Waals surface area contributed by atoms with Crippen molar-refractivity contribution in [1.82, 2.24) is 4.90 Å². The zero-order chi connectivity index (χ0) is 16.6. The summed E-state index contributed by atoms with van der Waals surface area (Å²) in [7, 11) is 0. The Labute approximate surface area is 145 Å². The van der Waals surface area contributed by atoms with Crippen molar-refractivity contribution in [2.75, 3.05) is 0 Å². The van der Waals surface area contributed by atoms with Crippen molar-refractivity contribution in [3.63, 3.8) is 0 Å². The van der Waals surface area contributed by atoms with E-state index >= 15 is 0 Å². The molecule has 2 aliphatic rings. The fourth-order valence-corrected chi connectivity index (χ4v) is 4.15. The number of fused-ring (bicyclic) bond motifs is 1. The molecular formula is C17H21ClF3NO2. The van der Waals surface area contributed by atoms with Crippen molar-refractivity contribution >= 4 is 18.4 Å². The molecule has 7 heteroatoms. The number of hydrogen-bond donors (Lipinski definition) is 1. The number of benzene rings is 1. The summed E-state index contributed by atoms with van der Waals surface area (Å²) in [5.74, 6) is -0.633. The standard InChI is InChI=1S/C17H20F3NO2.ClH/c18-17(19,20)13-7-3-1-6-12(13)10-21-14-8-4-2-5-11(14)9-15(21)16(22)23;/h1,3,6-7,11,14-15H,2,4-5,8-10H2,(H,22,23);1H. The minimum Gasteiger partial charge on any atom is -0.480 e. The largest absolute Gasteiger partial charge is 0.480 e. The molecule has 24 heavy (non-hydrogen) atoms. The molecule has 3 nitrogen and oxygen atoms in total. The average Bonchev–Trinajstić information content (AvgIpc) is 2.86. The van der Waals surface area contributed by atoms with Crippen LogP contribution in [-0.2, 0) is 17.5 Å². The molecule has 1 aromatic rings. The van der Waals surface area contributed by atoms with Crippen molar-refractivity contribution in [2.24, 2.45) is 5.92 Å². The fourth-order valence-electron chi connectivity index (χ4n) is 4.15. The van der Waals surface area contributed by atoms with Gasteiger partial charge >= 0.3 is 12.1 Å². The second-order valence-electron chi connectivity index (χ2n) is 6.53. The second-order valence-corrected chi connectivity index (χ2v) is 6.53. The third-order valence-electron chi connectivity index (χ3n) is 5.18. The van der Waals surface area contributed by atoms with E-state index in [0.717, 1.165) is 31.7 Å². The highest BCUT2D eigenvalue weighted by Gasteiger charge is 2.45. The van der Waals surface area contributed by atoms with Crippen LogP contribution in [0, 0.1) is 5.92 Å². The van der Waals surface area contributed by atoms with Gasteiger partial charge in [0.25, 0.3) is 0 Å². The van der Waals surface area contributed by atoms with Crippen LogP contribution < -0.4 is 0 Å². The maximum absolute atomic E-state index is 13.2. The third-order valence-corrected chi connectivity index (χ3v) is 5.18. The predicted molar refractivity (Wildman–Crippen MR) is 86.0 cm³/mol. The molecule has 3 rings (SSSR count). The highest BCUT2D eigenvalue weighted by Crippen LogP contribution is 2.41. The number of halogens is 4. The Bertz CT molecular complexity index is 593. The number of hydrogen-bond acceptors (Lipinski definition) is 2. The minimum absolute atomic E-state index is 0. The number of carbonyl (C=O) groups is 1. The quantitative estimate of drug-likeness (QED) is 0.868. The van der Waals surface area contributed by atoms with Crippen LogP contribution >= 0.6 is 12.4 Å². The van der Waals surface area contributed by atoms with Crippen LogP contribution in [0.3, 0.4) is 0 Å². The number of rotatable bonds is 3. The maximum atomic E-state index is 13.2. The van der Waals surface area contributed by atoms with Crippen LogP contribution in [-0.4, -0.2) is 28.1 Å². The van der Waals surface area contributed by atoms with Crippen molar-refractivity contribution in [2.45, 2.75) is 56.9 Å². The van der Waals surface area contributed by atoms with Gasteiger partial charge in [0.15, 0.2) is 0 Å². The molecule has 0 amide bonds. The Morgan fingerprint density at radius 1 is 1.21 bits per heavy atom. The van der Waals surface area contributed by atoms with E-state index in [1.165, 1.54) is 12.1 Å². The molecular weight excluding hydrogens is 343 g/mol. The predicted octanol–water partition coefficient (Wildman–Crippen LogP) is 4.34. The summed E-state index contributed by atoms with van der Waals surface area (Å²) < 4.78 is 39.5. The number of carboxylic acid groups (broad SMARTS) is 1. The Kier molecular flexibility index (Phi) is 5.81. The highest BCUT2D eigenvalue weighted by molar-refractivity contribution is 5.85. The zero-order valence-corrected chi connectivity index (χ0v) is 13.9. The Balaban J connectivity index is 0.00000208. The molecule has 0 bridgehead atoms. The lowest BCUT2D eigenvalue weighted by atomic mass is 9.84. The molecule has 3 unspecified atom stereocenters. The molecule has 0 aromatic heterocycles. The minimum atomic E-state index is -4.42. The van der Waals surface area contributed by atoms with Crippen LogP contribution in [0.25, 0.3) is 0 Å². The van der Waals surface area contributed by atoms with Crippen LogP contribution in [0.4, 0.5) is 13.2 Å². The monoisotopic (exact) mass is 363 g/mol. The summed E-state index contributed by atoms with van der Waals surface area (Å²) in [5.41, 5.74) is -0.499. The second kappa shape index (κ2) is 7.31. The van der Waals surface area contributed by atoms with Crippen molar-refractivity contribution in [3.8, 4) is 0 Å². The highest BCUT2D eigenvalue weighted by atomic mass is 35.5. The first kappa shape index (κ1) is 19.1. The van der Waals surface area contributed by atoms with Gasteiger partial charge < -0.3 is 5.11 Å². The lowest BCUT2D eigenvalue weighted by molar-refractivity contribution is -0.143. The van der Waals surface area contributed by atoms with Gasteiger partial charge in [-0.1, -0.05) is 31.0 Å². The van der Waals surface area contributed by atoms with E-state index in [-0.39, 0.29) is 30.6 Å². The van der Waals surface area contributed by atoms with E-state index in [2.05, 4.69) is 0 Å². The van der Waals surface area contributed by atoms with Gasteiger partial charge in [-0.2, -0.15) is 13.2 Å². The zero-order valence-electron chi connectivity index (χ0n) is 13.1. The van der Waals surface area contributed by atoms with Gasteiger partial charge in [-0.05, 0) is 36.8 Å². The molecule has 1 saturated carbocycles. The summed E-state index contributed by atoms with van der Waals surface area (Å²) in [6.45, 7) is 0.0494. The van der Waals surface area contributed by atoms with Crippen molar-refractivity contribution < 1.29 is 23.1 Å². The average molecular weight is 364 g/mol. The molecule has 2 fully saturated rings. The molecule has 1 N–H and O–H groups in total. The Morgan fingerprint density at radius 3 is 2.54 bits per heavy atom. The molecule has 1 aliphatic heterocycles. The molecule has 1 saturated heterocycles. The number of aliphatic carboxylic acids is 1. The topological polar surface area (TPSA) is 40.5 Å². The summed E-state index contributed by atoms with van der Waals surface area (Å²) in [6.07, 6.45) is 0.0924. The van der Waals surface area contributed by atoms with Gasteiger partial charge in [0, 0.05) is 12.6 Å². The Hall–Kier alpha value is -1.27. The smallest absolute Gasteiger partial charge is 0.416 e. The lowest BCUT2D eigenvalue weighted by Gasteiger charge is -2.33. The van der Waals surface area contributed by atoms with Gasteiger partial charge in [0.2, 0.25) is 0 Å². The number of likely N-dealkylation sites (tertiary alicyclic amines) is 1. The third kappa shape index (κ3) is 3.70. The van der Waals surface area contributed by atoms with Crippen molar-refractivity contribution in [1.29, 1.82) is 0 Å². The lowest BCUT2D eigenvalue weighted by Crippen LogP contribution is -2.42. The normalized spacial score (nSPS) is 27.4. The van der Waals surface area contributed by atoms with E-state index in [1.54, 1.807) is 11.0 Å². The summed E-state index contributed by atoms with van der Waals surface area (Å²) in [5, 5.41) is 9.47. The summed E-state index contributed by atoms with van der Waals surface area (Å²) in [4.78, 5) is 13.4. The molecule has 1 heterocycles. The van der Waals surface area contributed by atoms with Gasteiger partial charge in [-0.25, -0.2) is 0 Å². The van der Waals surface area contributed by atoms with E-state index in [9.17, 15) is 23.1 Å². The summed E-state index contributed by atoms with van der Waals surface area (Å²) >= 11 is 0. The van der Waals surface area contributed by atoms with E-state index in [0.29, 0.717) is 12.3 Å². The van der Waals surface area contributed by atoms with Crippen molar-refractivity contribution in [3.05, 3.63) is 35.4 Å². The molecule has 1 aromatic carbocycles. The first-order valence-corrected chi connectivity index (χ1v) is 8.01. The van der Waals surface area contributed by atoms with Gasteiger partial charge in [0.05, 0.1) is 5.56 Å². The van der Waals surface area contributed by atoms with Gasteiger partial charge in [-0.15, -0.1) is 12.4 Å². The number of nitrogens with zero attached hydrogens (tertiary/aromatic N) is 1. The van der Waals surface area contributed by atoms with E-state index < -0.39 is 23.8 Å². The number of alkyl halides is 3. The molecule has 0 radical (unpaired) electrons. The van der Waals surface area contributed by atoms with E-state index in [4.69, 9.17) is 0 Å². The van der Waals surface area contributed by atoms with Gasteiger partial charge in [-0.3, -0.25) is 9.69 Å².